The van der Waals surface area contributed by atoms with Crippen molar-refractivity contribution < 1.29 is 4.79 Å². The van der Waals surface area contributed by atoms with E-state index in [4.69, 9.17) is 0 Å². The first-order valence-corrected chi connectivity index (χ1v) is 7.03. The number of rotatable bonds is 5. The van der Waals surface area contributed by atoms with Crippen molar-refractivity contribution in [1.29, 1.82) is 0 Å². The highest BCUT2D eigenvalue weighted by Crippen LogP contribution is 2.34. The third-order valence-corrected chi connectivity index (χ3v) is 4.14. The van der Waals surface area contributed by atoms with Gasteiger partial charge in [0.2, 0.25) is 0 Å². The predicted octanol–water partition coefficient (Wildman–Crippen LogP) is 4.45. The largest absolute Gasteiger partial charge is 0.299 e. The van der Waals surface area contributed by atoms with Crippen molar-refractivity contribution in [3.63, 3.8) is 0 Å². The molecule has 1 nitrogen and oxygen atoms in total. The zero-order chi connectivity index (χ0) is 12.1. The molecular weight excluding hydrogens is 196 g/mol. The molecule has 0 N–H and O–H groups in total. The minimum Gasteiger partial charge on any atom is -0.299 e. The molecule has 1 aliphatic rings. The van der Waals surface area contributed by atoms with E-state index in [-0.39, 0.29) is 0 Å². The summed E-state index contributed by atoms with van der Waals surface area (Å²) in [7, 11) is 0. The lowest BCUT2D eigenvalue weighted by Crippen LogP contribution is -2.24. The Labute approximate surface area is 101 Å². The van der Waals surface area contributed by atoms with E-state index in [9.17, 15) is 4.79 Å². The van der Waals surface area contributed by atoms with Gasteiger partial charge in [0.15, 0.2) is 0 Å². The average molecular weight is 224 g/mol. The average Bonchev–Trinajstić information content (AvgIpc) is 2.26. The molecule has 0 aromatic heterocycles. The van der Waals surface area contributed by atoms with Gasteiger partial charge in [0.25, 0.3) is 0 Å². The summed E-state index contributed by atoms with van der Waals surface area (Å²) in [6.07, 6.45) is 6.74. The van der Waals surface area contributed by atoms with E-state index in [1.54, 1.807) is 0 Å². The van der Waals surface area contributed by atoms with Crippen LogP contribution in [0.4, 0.5) is 0 Å². The first-order chi connectivity index (χ1) is 7.50. The van der Waals surface area contributed by atoms with E-state index in [1.165, 1.54) is 12.8 Å². The maximum atomic E-state index is 12.0. The molecule has 0 heterocycles. The minimum absolute atomic E-state index is 0.397. The van der Waals surface area contributed by atoms with Crippen LogP contribution in [0.15, 0.2) is 0 Å². The molecule has 1 fully saturated rings. The van der Waals surface area contributed by atoms with Gasteiger partial charge in [-0.2, -0.15) is 0 Å². The van der Waals surface area contributed by atoms with Gasteiger partial charge in [-0.05, 0) is 49.9 Å². The molecule has 16 heavy (non-hydrogen) atoms. The first kappa shape index (κ1) is 13.7. The fourth-order valence-corrected chi connectivity index (χ4v) is 2.74. The molecule has 94 valence electrons. The van der Waals surface area contributed by atoms with Gasteiger partial charge in [0.05, 0.1) is 0 Å². The van der Waals surface area contributed by atoms with Crippen molar-refractivity contribution in [2.75, 3.05) is 0 Å². The maximum Gasteiger partial charge on any atom is 0.135 e. The zero-order valence-corrected chi connectivity index (χ0v) is 11.5. The Balaban J connectivity index is 2.27. The number of hydrogen-bond donors (Lipinski definition) is 0. The van der Waals surface area contributed by atoms with Crippen LogP contribution >= 0.6 is 0 Å². The molecule has 1 rings (SSSR count). The molecule has 1 aliphatic carbocycles. The van der Waals surface area contributed by atoms with E-state index < -0.39 is 0 Å². The van der Waals surface area contributed by atoms with E-state index in [1.807, 2.05) is 0 Å². The highest BCUT2D eigenvalue weighted by molar-refractivity contribution is 5.81. The van der Waals surface area contributed by atoms with Gasteiger partial charge in [-0.25, -0.2) is 0 Å². The minimum atomic E-state index is 0.397. The van der Waals surface area contributed by atoms with Crippen LogP contribution in [-0.4, -0.2) is 5.78 Å². The Morgan fingerprint density at radius 2 is 1.62 bits per heavy atom. The summed E-state index contributed by atoms with van der Waals surface area (Å²) in [5.74, 6) is 3.27. The Kier molecular flexibility index (Phi) is 5.51. The zero-order valence-electron chi connectivity index (χ0n) is 11.5. The molecule has 1 saturated carbocycles. The molecule has 0 aromatic carbocycles. The predicted molar refractivity (Wildman–Crippen MR) is 69.4 cm³/mol. The van der Waals surface area contributed by atoms with Crippen molar-refractivity contribution in [3.05, 3.63) is 0 Å². The molecule has 0 amide bonds. The molecule has 0 saturated heterocycles. The standard InChI is InChI=1S/C15H28O/c1-11(2)5-10-15(16)14-8-6-13(7-9-14)12(3)4/h11-14H,5-10H2,1-4H3. The highest BCUT2D eigenvalue weighted by atomic mass is 16.1. The van der Waals surface area contributed by atoms with E-state index >= 15 is 0 Å². The van der Waals surface area contributed by atoms with Gasteiger partial charge in [-0.3, -0.25) is 4.79 Å². The molecule has 1 heteroatoms. The van der Waals surface area contributed by atoms with Crippen LogP contribution in [0, 0.1) is 23.7 Å². The first-order valence-electron chi connectivity index (χ1n) is 7.03. The summed E-state index contributed by atoms with van der Waals surface area (Å²) in [6.45, 7) is 9.02. The van der Waals surface area contributed by atoms with Crippen LogP contribution < -0.4 is 0 Å². The van der Waals surface area contributed by atoms with Gasteiger partial charge >= 0.3 is 0 Å². The molecule has 0 bridgehead atoms. The number of carbonyl (C=O) groups excluding carboxylic acids is 1. The van der Waals surface area contributed by atoms with Crippen LogP contribution in [0.5, 0.6) is 0 Å². The van der Waals surface area contributed by atoms with Gasteiger partial charge in [-0.1, -0.05) is 27.7 Å². The molecule has 0 aliphatic heterocycles. The number of hydrogen-bond acceptors (Lipinski definition) is 1. The second-order valence-electron chi connectivity index (χ2n) is 6.25. The van der Waals surface area contributed by atoms with Crippen LogP contribution in [0.1, 0.15) is 66.2 Å². The lowest BCUT2D eigenvalue weighted by atomic mass is 9.75. The highest BCUT2D eigenvalue weighted by Gasteiger charge is 2.27. The van der Waals surface area contributed by atoms with Crippen molar-refractivity contribution in [3.8, 4) is 0 Å². The normalized spacial score (nSPS) is 26.4. The monoisotopic (exact) mass is 224 g/mol. The fraction of sp³-hybridized carbons (Fsp3) is 0.933. The summed E-state index contributed by atoms with van der Waals surface area (Å²) in [5.41, 5.74) is 0. The van der Waals surface area contributed by atoms with E-state index in [0.29, 0.717) is 17.6 Å². The summed E-state index contributed by atoms with van der Waals surface area (Å²) in [6, 6.07) is 0. The molecule has 0 radical (unpaired) electrons. The Morgan fingerprint density at radius 1 is 1.06 bits per heavy atom. The lowest BCUT2D eigenvalue weighted by molar-refractivity contribution is -0.124. The summed E-state index contributed by atoms with van der Waals surface area (Å²) in [4.78, 5) is 12.0. The molecule has 0 atom stereocenters. The van der Waals surface area contributed by atoms with E-state index in [0.717, 1.165) is 37.5 Å². The van der Waals surface area contributed by atoms with Gasteiger partial charge in [-0.15, -0.1) is 0 Å². The number of ketones is 1. The van der Waals surface area contributed by atoms with Crippen molar-refractivity contribution >= 4 is 5.78 Å². The number of carbonyl (C=O) groups is 1. The van der Waals surface area contributed by atoms with Crippen LogP contribution in [-0.2, 0) is 4.79 Å². The van der Waals surface area contributed by atoms with Crippen LogP contribution in [0.3, 0.4) is 0 Å². The fourth-order valence-electron chi connectivity index (χ4n) is 2.74. The van der Waals surface area contributed by atoms with Gasteiger partial charge < -0.3 is 0 Å². The SMILES string of the molecule is CC(C)CCC(=O)C1CCC(C(C)C)CC1. The third-order valence-electron chi connectivity index (χ3n) is 4.14. The molecular formula is C15H28O. The van der Waals surface area contributed by atoms with Crippen molar-refractivity contribution in [2.24, 2.45) is 23.7 Å². The quantitative estimate of drug-likeness (QED) is 0.674. The lowest BCUT2D eigenvalue weighted by Gasteiger charge is -2.30. The maximum absolute atomic E-state index is 12.0. The molecule has 0 unspecified atom stereocenters. The Morgan fingerprint density at radius 3 is 2.06 bits per heavy atom. The van der Waals surface area contributed by atoms with Gasteiger partial charge in [0, 0.05) is 12.3 Å². The third kappa shape index (κ3) is 4.27. The topological polar surface area (TPSA) is 17.1 Å². The Bertz CT molecular complexity index is 209. The van der Waals surface area contributed by atoms with E-state index in [2.05, 4.69) is 27.7 Å². The van der Waals surface area contributed by atoms with Crippen molar-refractivity contribution in [2.45, 2.75) is 66.2 Å². The summed E-state index contributed by atoms with van der Waals surface area (Å²) < 4.78 is 0. The van der Waals surface area contributed by atoms with Crippen LogP contribution in [0.25, 0.3) is 0 Å². The summed E-state index contributed by atoms with van der Waals surface area (Å²) >= 11 is 0. The molecule has 0 aromatic rings. The van der Waals surface area contributed by atoms with Gasteiger partial charge in [0.1, 0.15) is 5.78 Å². The van der Waals surface area contributed by atoms with Crippen molar-refractivity contribution in [1.82, 2.24) is 0 Å². The molecule has 0 spiro atoms. The smallest absolute Gasteiger partial charge is 0.135 e. The Hall–Kier alpha value is -0.330. The summed E-state index contributed by atoms with van der Waals surface area (Å²) in [5, 5.41) is 0. The second kappa shape index (κ2) is 6.42. The number of Topliss-reactive ketones (excluding diaryl/α,β-unsaturated/α-hetero) is 1. The van der Waals surface area contributed by atoms with Crippen LogP contribution in [0.2, 0.25) is 0 Å². The second-order valence-corrected chi connectivity index (χ2v) is 6.25.